The fourth-order valence-electron chi connectivity index (χ4n) is 1.78. The highest BCUT2D eigenvalue weighted by atomic mass is 33.1. The van der Waals surface area contributed by atoms with Crippen LogP contribution >= 0.6 is 43.2 Å². The molecule has 0 atom stereocenters. The summed E-state index contributed by atoms with van der Waals surface area (Å²) < 4.78 is 5.06. The minimum absolute atomic E-state index is 0. The standard InChI is InChI=1S/C11H24N2OS2.C11H23NO2S2.CH4/c1-9(2)11(14)13-6-8-16-15-7-5-12-10(3)4;1-9(2)11(13)14-6-8-16-15-7-5-12-10(3)4;/h9-10,12H,5-8H2,1-4H3,(H,13,14);9-10,12H,5-8H2,1-4H3;1H4. The molecule has 0 aliphatic carbocycles. The summed E-state index contributed by atoms with van der Waals surface area (Å²) in [6.45, 7) is 19.5. The number of carbonyl (C=O) groups excluding carboxylic acids is 2. The number of ether oxygens (including phenoxy) is 1. The van der Waals surface area contributed by atoms with E-state index < -0.39 is 0 Å². The molecule has 200 valence electrons. The molecule has 0 aromatic rings. The van der Waals surface area contributed by atoms with Crippen molar-refractivity contribution >= 4 is 55.1 Å². The number of hydrogen-bond donors (Lipinski definition) is 3. The predicted octanol–water partition coefficient (Wildman–Crippen LogP) is 5.34. The van der Waals surface area contributed by atoms with Gasteiger partial charge < -0.3 is 20.7 Å². The van der Waals surface area contributed by atoms with Gasteiger partial charge in [0.25, 0.3) is 0 Å². The lowest BCUT2D eigenvalue weighted by molar-refractivity contribution is -0.146. The van der Waals surface area contributed by atoms with Gasteiger partial charge in [-0.25, -0.2) is 0 Å². The lowest BCUT2D eigenvalue weighted by atomic mass is 10.2. The summed E-state index contributed by atoms with van der Waals surface area (Å²) in [4.78, 5) is 22.3. The number of nitrogens with one attached hydrogen (secondary N) is 3. The molecular formula is C23H51N3O3S4. The third-order valence-corrected chi connectivity index (χ3v) is 8.31. The van der Waals surface area contributed by atoms with E-state index in [4.69, 9.17) is 4.74 Å². The largest absolute Gasteiger partial charge is 0.465 e. The Morgan fingerprint density at radius 1 is 0.667 bits per heavy atom. The molecule has 0 aromatic carbocycles. The molecule has 0 spiro atoms. The highest BCUT2D eigenvalue weighted by Crippen LogP contribution is 2.20. The summed E-state index contributed by atoms with van der Waals surface area (Å²) in [5.74, 6) is 4.15. The van der Waals surface area contributed by atoms with Crippen LogP contribution in [0.3, 0.4) is 0 Å². The van der Waals surface area contributed by atoms with Crippen molar-refractivity contribution in [3.63, 3.8) is 0 Å². The first kappa shape index (κ1) is 37.8. The third kappa shape index (κ3) is 32.3. The third-order valence-electron chi connectivity index (χ3n) is 3.53. The Hall–Kier alpha value is 0.260. The monoisotopic (exact) mass is 545 g/mol. The quantitative estimate of drug-likeness (QED) is 0.120. The van der Waals surface area contributed by atoms with E-state index in [1.165, 1.54) is 0 Å². The minimum Gasteiger partial charge on any atom is -0.465 e. The lowest BCUT2D eigenvalue weighted by Crippen LogP contribution is -2.29. The molecule has 0 bridgehead atoms. The maximum absolute atomic E-state index is 11.2. The van der Waals surface area contributed by atoms with E-state index in [1.807, 2.05) is 60.1 Å². The van der Waals surface area contributed by atoms with Gasteiger partial charge in [-0.15, -0.1) is 0 Å². The molecule has 6 nitrogen and oxygen atoms in total. The summed E-state index contributed by atoms with van der Waals surface area (Å²) in [7, 11) is 7.25. The van der Waals surface area contributed by atoms with Gasteiger partial charge in [0.05, 0.1) is 5.92 Å². The average Bonchev–Trinajstić information content (AvgIpc) is 2.71. The Labute approximate surface area is 220 Å². The molecule has 3 N–H and O–H groups in total. The van der Waals surface area contributed by atoms with Crippen LogP contribution in [0.2, 0.25) is 0 Å². The van der Waals surface area contributed by atoms with Crippen LogP contribution in [0.15, 0.2) is 0 Å². The normalized spacial score (nSPS) is 10.8. The molecule has 0 radical (unpaired) electrons. The molecule has 0 saturated carbocycles. The second kappa shape index (κ2) is 26.9. The first-order chi connectivity index (χ1) is 15.1. The second-order valence-corrected chi connectivity index (χ2v) is 13.7. The van der Waals surface area contributed by atoms with Crippen molar-refractivity contribution < 1.29 is 14.3 Å². The van der Waals surface area contributed by atoms with Crippen molar-refractivity contribution in [2.75, 3.05) is 49.3 Å². The van der Waals surface area contributed by atoms with Crippen LogP contribution in [0.4, 0.5) is 0 Å². The van der Waals surface area contributed by atoms with Crippen molar-refractivity contribution in [3.8, 4) is 0 Å². The maximum Gasteiger partial charge on any atom is 0.308 e. The van der Waals surface area contributed by atoms with E-state index in [0.717, 1.165) is 42.6 Å². The number of hydrogen-bond acceptors (Lipinski definition) is 9. The summed E-state index contributed by atoms with van der Waals surface area (Å²) in [6, 6.07) is 1.12. The summed E-state index contributed by atoms with van der Waals surface area (Å²) in [5, 5.41) is 9.62. The van der Waals surface area contributed by atoms with Gasteiger partial charge in [0.1, 0.15) is 6.61 Å². The Balaban J connectivity index is -0.000000529. The first-order valence-corrected chi connectivity index (χ1v) is 16.4. The second-order valence-electron chi connectivity index (χ2n) is 8.27. The number of rotatable bonds is 18. The van der Waals surface area contributed by atoms with E-state index in [9.17, 15) is 9.59 Å². The zero-order valence-electron chi connectivity index (χ0n) is 21.3. The van der Waals surface area contributed by atoms with Gasteiger partial charge in [-0.3, -0.25) is 9.59 Å². The van der Waals surface area contributed by atoms with Crippen LogP contribution in [0.5, 0.6) is 0 Å². The molecule has 10 heteroatoms. The molecule has 0 heterocycles. The summed E-state index contributed by atoms with van der Waals surface area (Å²) in [6.07, 6.45) is 0. The molecule has 0 aliphatic rings. The van der Waals surface area contributed by atoms with Crippen LogP contribution in [0.1, 0.15) is 62.8 Å². The highest BCUT2D eigenvalue weighted by Gasteiger charge is 2.07. The lowest BCUT2D eigenvalue weighted by Gasteiger charge is -2.08. The SMILES string of the molecule is C.CC(C)NCCSSCCNC(=O)C(C)C.CC(C)NCCSSCCOC(=O)C(C)C. The topological polar surface area (TPSA) is 79.5 Å². The van der Waals surface area contributed by atoms with Crippen LogP contribution in [-0.2, 0) is 14.3 Å². The van der Waals surface area contributed by atoms with Crippen LogP contribution in [0.25, 0.3) is 0 Å². The van der Waals surface area contributed by atoms with E-state index in [2.05, 4.69) is 43.6 Å². The number of esters is 1. The molecule has 0 saturated heterocycles. The molecule has 0 aromatic heterocycles. The van der Waals surface area contributed by atoms with E-state index in [1.54, 1.807) is 10.8 Å². The predicted molar refractivity (Wildman–Crippen MR) is 156 cm³/mol. The smallest absolute Gasteiger partial charge is 0.308 e. The van der Waals surface area contributed by atoms with Crippen molar-refractivity contribution in [2.24, 2.45) is 11.8 Å². The van der Waals surface area contributed by atoms with Crippen LogP contribution < -0.4 is 16.0 Å². The molecule has 0 unspecified atom stereocenters. The number of carbonyl (C=O) groups is 2. The van der Waals surface area contributed by atoms with Gasteiger partial charge in [-0.05, 0) is 0 Å². The van der Waals surface area contributed by atoms with Crippen molar-refractivity contribution in [1.82, 2.24) is 16.0 Å². The molecule has 0 rings (SSSR count). The fraction of sp³-hybridized carbons (Fsp3) is 0.913. The fourth-order valence-corrected chi connectivity index (χ4v) is 5.36. The van der Waals surface area contributed by atoms with Gasteiger partial charge in [-0.1, -0.05) is 106 Å². The zero-order chi connectivity index (χ0) is 24.8. The maximum atomic E-state index is 11.2. The average molecular weight is 546 g/mol. The first-order valence-electron chi connectivity index (χ1n) is 11.5. The van der Waals surface area contributed by atoms with Gasteiger partial charge in [0.2, 0.25) is 5.91 Å². The summed E-state index contributed by atoms with van der Waals surface area (Å²) >= 11 is 0. The van der Waals surface area contributed by atoms with Crippen molar-refractivity contribution in [3.05, 3.63) is 0 Å². The van der Waals surface area contributed by atoms with E-state index in [-0.39, 0.29) is 31.1 Å². The molecular weight excluding hydrogens is 495 g/mol. The van der Waals surface area contributed by atoms with Crippen LogP contribution in [0, 0.1) is 11.8 Å². The molecule has 1 amide bonds. The molecule has 0 fully saturated rings. The van der Waals surface area contributed by atoms with Crippen molar-refractivity contribution in [2.45, 2.75) is 74.9 Å². The molecule has 33 heavy (non-hydrogen) atoms. The van der Waals surface area contributed by atoms with Gasteiger partial charge in [-0.2, -0.15) is 0 Å². The van der Waals surface area contributed by atoms with Gasteiger partial charge in [0.15, 0.2) is 0 Å². The van der Waals surface area contributed by atoms with Crippen LogP contribution in [-0.4, -0.2) is 73.2 Å². The minimum atomic E-state index is -0.105. The molecule has 0 aliphatic heterocycles. The Morgan fingerprint density at radius 2 is 1.09 bits per heavy atom. The van der Waals surface area contributed by atoms with Gasteiger partial charge >= 0.3 is 5.97 Å². The summed E-state index contributed by atoms with van der Waals surface area (Å²) in [5.41, 5.74) is 0. The van der Waals surface area contributed by atoms with E-state index >= 15 is 0 Å². The Bertz CT molecular complexity index is 415. The Kier molecular flexibility index (Phi) is 30.8. The number of amides is 1. The zero-order valence-corrected chi connectivity index (χ0v) is 24.6. The Morgan fingerprint density at radius 3 is 1.48 bits per heavy atom. The highest BCUT2D eigenvalue weighted by molar-refractivity contribution is 8.77. The van der Waals surface area contributed by atoms with Crippen molar-refractivity contribution in [1.29, 1.82) is 0 Å². The van der Waals surface area contributed by atoms with Gasteiger partial charge in [0, 0.05) is 60.6 Å². The van der Waals surface area contributed by atoms with E-state index in [0.29, 0.717) is 18.7 Å².